The zero-order valence-electron chi connectivity index (χ0n) is 10.6. The normalized spacial score (nSPS) is 13.9. The van der Waals surface area contributed by atoms with Crippen molar-refractivity contribution in [3.8, 4) is 0 Å². The standard InChI is InChI=1S/C11H22NO3P/c1-7(2)6-8(9(13)14)12-10(16)15-11(3,4)5/h7-8,12,16H,6H2,1-5H3,(H,13,14)/t8-/m0/s1. The van der Waals surface area contributed by atoms with Gasteiger partial charge in [-0.05, 0) is 33.1 Å². The third kappa shape index (κ3) is 7.80. The Labute approximate surface area is 99.6 Å². The van der Waals surface area contributed by atoms with Crippen LogP contribution in [0, 0.1) is 5.92 Å². The van der Waals surface area contributed by atoms with E-state index in [1.54, 1.807) is 0 Å². The maximum atomic E-state index is 11.0. The Morgan fingerprint density at radius 2 is 1.94 bits per heavy atom. The molecule has 0 saturated heterocycles. The first-order valence-electron chi connectivity index (χ1n) is 5.38. The van der Waals surface area contributed by atoms with Gasteiger partial charge in [0.05, 0.1) is 5.60 Å². The number of rotatable bonds is 6. The lowest BCUT2D eigenvalue weighted by Crippen LogP contribution is -2.43. The molecule has 0 spiro atoms. The second kappa shape index (κ2) is 6.33. The molecule has 0 radical (unpaired) electrons. The first kappa shape index (κ1) is 15.6. The van der Waals surface area contributed by atoms with Gasteiger partial charge in [0.2, 0.25) is 0 Å². The molecule has 5 heteroatoms. The van der Waals surface area contributed by atoms with Gasteiger partial charge in [-0.3, -0.25) is 10.1 Å². The highest BCUT2D eigenvalue weighted by Gasteiger charge is 2.21. The summed E-state index contributed by atoms with van der Waals surface area (Å²) in [5.41, 5.74) is 0.00544. The van der Waals surface area contributed by atoms with Gasteiger partial charge in [0, 0.05) is 0 Å². The summed E-state index contributed by atoms with van der Waals surface area (Å²) >= 11 is 0. The van der Waals surface area contributed by atoms with Crippen LogP contribution in [-0.2, 0) is 9.53 Å². The highest BCUT2D eigenvalue weighted by Crippen LogP contribution is 2.10. The Kier molecular flexibility index (Phi) is 6.16. The van der Waals surface area contributed by atoms with E-state index in [4.69, 9.17) is 9.84 Å². The molecule has 0 rings (SSSR count). The van der Waals surface area contributed by atoms with Crippen LogP contribution in [0.5, 0.6) is 0 Å². The fraction of sp³-hybridized carbons (Fsp3) is 0.818. The van der Waals surface area contributed by atoms with Crippen molar-refractivity contribution in [1.82, 2.24) is 5.32 Å². The molecule has 4 nitrogen and oxygen atoms in total. The van der Waals surface area contributed by atoms with Crippen molar-refractivity contribution in [1.29, 1.82) is 0 Å². The molecule has 0 aliphatic rings. The second-order valence-electron chi connectivity index (χ2n) is 5.21. The first-order chi connectivity index (χ1) is 7.11. The number of carboxylic acid groups (broad SMARTS) is 1. The lowest BCUT2D eigenvalue weighted by molar-refractivity contribution is -0.139. The minimum absolute atomic E-state index is 0.308. The van der Waals surface area contributed by atoms with Gasteiger partial charge < -0.3 is 9.84 Å². The molecule has 0 saturated carbocycles. The molecule has 0 heterocycles. The van der Waals surface area contributed by atoms with Gasteiger partial charge in [-0.2, -0.15) is 0 Å². The maximum Gasteiger partial charge on any atom is 0.321 e. The predicted molar refractivity (Wildman–Crippen MR) is 68.2 cm³/mol. The zero-order valence-corrected chi connectivity index (χ0v) is 11.6. The van der Waals surface area contributed by atoms with E-state index in [9.17, 15) is 4.79 Å². The third-order valence-electron chi connectivity index (χ3n) is 1.72. The van der Waals surface area contributed by atoms with Gasteiger partial charge >= 0.3 is 5.97 Å². The summed E-state index contributed by atoms with van der Waals surface area (Å²) in [5.74, 6) is -0.565. The maximum absolute atomic E-state index is 11.0. The molecule has 0 aromatic carbocycles. The number of aliphatic carboxylic acids is 1. The molecule has 0 aromatic rings. The van der Waals surface area contributed by atoms with E-state index in [1.807, 2.05) is 34.6 Å². The van der Waals surface area contributed by atoms with E-state index in [-0.39, 0.29) is 5.60 Å². The number of hydrogen-bond donors (Lipinski definition) is 2. The van der Waals surface area contributed by atoms with Crippen molar-refractivity contribution < 1.29 is 14.6 Å². The van der Waals surface area contributed by atoms with Crippen LogP contribution in [-0.4, -0.2) is 28.3 Å². The third-order valence-corrected chi connectivity index (χ3v) is 1.97. The molecular formula is C11H22NO3P. The van der Waals surface area contributed by atoms with Crippen molar-refractivity contribution in [2.24, 2.45) is 5.92 Å². The van der Waals surface area contributed by atoms with E-state index in [1.165, 1.54) is 0 Å². The lowest BCUT2D eigenvalue weighted by atomic mass is 10.0. The van der Waals surface area contributed by atoms with Crippen LogP contribution in [0.1, 0.15) is 41.0 Å². The monoisotopic (exact) mass is 247 g/mol. The van der Waals surface area contributed by atoms with Crippen LogP contribution in [0.2, 0.25) is 0 Å². The van der Waals surface area contributed by atoms with E-state index in [0.29, 0.717) is 17.9 Å². The molecule has 0 aromatic heterocycles. The van der Waals surface area contributed by atoms with E-state index in [2.05, 4.69) is 14.2 Å². The van der Waals surface area contributed by atoms with Crippen molar-refractivity contribution >= 4 is 20.4 Å². The van der Waals surface area contributed by atoms with Crippen LogP contribution < -0.4 is 5.32 Å². The Morgan fingerprint density at radius 3 is 2.25 bits per heavy atom. The van der Waals surface area contributed by atoms with E-state index in [0.717, 1.165) is 0 Å². The quantitative estimate of drug-likeness (QED) is 0.706. The van der Waals surface area contributed by atoms with Gasteiger partial charge in [0.1, 0.15) is 11.6 Å². The van der Waals surface area contributed by atoms with Crippen molar-refractivity contribution in [3.63, 3.8) is 0 Å². The topological polar surface area (TPSA) is 58.6 Å². The molecule has 0 bridgehead atoms. The minimum atomic E-state index is -0.873. The van der Waals surface area contributed by atoms with Gasteiger partial charge in [-0.1, -0.05) is 22.7 Å². The minimum Gasteiger partial charge on any atom is -0.480 e. The highest BCUT2D eigenvalue weighted by atomic mass is 31.0. The molecule has 1 atom stereocenters. The summed E-state index contributed by atoms with van der Waals surface area (Å²) in [7, 11) is 3.25. The number of carboxylic acids is 1. The summed E-state index contributed by atoms with van der Waals surface area (Å²) in [5, 5.41) is 11.8. The average Bonchev–Trinajstić information content (AvgIpc) is 1.97. The van der Waals surface area contributed by atoms with Crippen molar-refractivity contribution in [3.05, 3.63) is 0 Å². The summed E-state index contributed by atoms with van der Waals surface area (Å²) < 4.78 is 5.46. The second-order valence-corrected chi connectivity index (χ2v) is 5.66. The van der Waals surface area contributed by atoms with Crippen LogP contribution in [0.3, 0.4) is 0 Å². The van der Waals surface area contributed by atoms with Gasteiger partial charge in [-0.15, -0.1) is 0 Å². The van der Waals surface area contributed by atoms with Crippen molar-refractivity contribution in [2.75, 3.05) is 0 Å². The summed E-state index contributed by atoms with van der Waals surface area (Å²) in [6, 6.07) is -0.630. The number of ether oxygens (including phenoxy) is 1. The van der Waals surface area contributed by atoms with Crippen LogP contribution in [0.25, 0.3) is 0 Å². The average molecular weight is 247 g/mol. The SMILES string of the molecule is CC(C)C[C@H](NC(=P)OC(C)(C)C)C(=O)O. The highest BCUT2D eigenvalue weighted by molar-refractivity contribution is 7.20. The zero-order chi connectivity index (χ0) is 12.9. The molecule has 2 N–H and O–H groups in total. The molecular weight excluding hydrogens is 225 g/mol. The van der Waals surface area contributed by atoms with Gasteiger partial charge in [0.15, 0.2) is 0 Å². The summed E-state index contributed by atoms with van der Waals surface area (Å²) in [4.78, 5) is 11.0. The van der Waals surface area contributed by atoms with E-state index >= 15 is 0 Å². The first-order valence-corrected chi connectivity index (χ1v) is 5.88. The smallest absolute Gasteiger partial charge is 0.321 e. The Bertz CT molecular complexity index is 258. The van der Waals surface area contributed by atoms with Gasteiger partial charge in [0.25, 0.3) is 0 Å². The largest absolute Gasteiger partial charge is 0.480 e. The van der Waals surface area contributed by atoms with Crippen LogP contribution >= 0.6 is 8.86 Å². The Morgan fingerprint density at radius 1 is 1.44 bits per heavy atom. The Balaban J connectivity index is 4.30. The van der Waals surface area contributed by atoms with Gasteiger partial charge in [-0.25, -0.2) is 0 Å². The molecule has 0 aliphatic heterocycles. The van der Waals surface area contributed by atoms with Crippen LogP contribution in [0.4, 0.5) is 0 Å². The summed E-state index contributed by atoms with van der Waals surface area (Å²) in [6.45, 7) is 9.65. The molecule has 16 heavy (non-hydrogen) atoms. The fourth-order valence-electron chi connectivity index (χ4n) is 1.19. The van der Waals surface area contributed by atoms with Crippen LogP contribution in [0.15, 0.2) is 0 Å². The fourth-order valence-corrected chi connectivity index (χ4v) is 1.67. The molecule has 0 unspecified atom stereocenters. The molecule has 0 aliphatic carbocycles. The lowest BCUT2D eigenvalue weighted by Gasteiger charge is -2.23. The predicted octanol–water partition coefficient (Wildman–Crippen LogP) is 2.12. The molecule has 0 fully saturated rings. The number of carbonyl (C=O) groups is 1. The van der Waals surface area contributed by atoms with Crippen molar-refractivity contribution in [2.45, 2.75) is 52.7 Å². The summed E-state index contributed by atoms with van der Waals surface area (Å²) in [6.07, 6.45) is 0.552. The molecule has 0 amide bonds. The number of hydrogen-bond acceptors (Lipinski definition) is 2. The molecule has 94 valence electrons. The number of nitrogens with one attached hydrogen (secondary N) is 1. The Hall–Kier alpha value is -0.440. The van der Waals surface area contributed by atoms with E-state index < -0.39 is 12.0 Å².